The summed E-state index contributed by atoms with van der Waals surface area (Å²) in [5.41, 5.74) is 0.437. The number of nitrogens with one attached hydrogen (secondary N) is 1. The fourth-order valence-corrected chi connectivity index (χ4v) is 3.07. The Bertz CT molecular complexity index is 505. The summed E-state index contributed by atoms with van der Waals surface area (Å²) < 4.78 is 25.8. The number of aliphatic hydroxyl groups is 1. The van der Waals surface area contributed by atoms with Crippen molar-refractivity contribution in [2.45, 2.75) is 43.5 Å². The van der Waals surface area contributed by atoms with Crippen LogP contribution < -0.4 is 5.32 Å². The molecule has 144 valence electrons. The molecule has 2 N–H and O–H groups in total. The number of rotatable bonds is 8. The van der Waals surface area contributed by atoms with E-state index in [0.717, 1.165) is 0 Å². The highest BCUT2D eigenvalue weighted by atomic mass is 31.0. The standard InChI is InChI=1S/C14H25NO8P2/c1-7-5-14(20-4,13(18)19-3)22-12(10(7)15-8(2)16)11(17)9(23-25)6-21-24/h9-12,17H,1,5-6,24-25H2,2-4H3,(H,15,16)/t9-,10-,11-,12-,14?/m1/s1. The quantitative estimate of drug-likeness (QED) is 0.326. The molecular weight excluding hydrogens is 372 g/mol. The van der Waals surface area contributed by atoms with Gasteiger partial charge in [-0.1, -0.05) is 6.58 Å². The number of aliphatic hydroxyl groups excluding tert-OH is 1. The maximum Gasteiger partial charge on any atom is 0.366 e. The van der Waals surface area contributed by atoms with Crippen molar-refractivity contribution in [3.63, 3.8) is 0 Å². The lowest BCUT2D eigenvalue weighted by Crippen LogP contribution is -2.63. The molecule has 0 bridgehead atoms. The van der Waals surface area contributed by atoms with Crippen molar-refractivity contribution >= 4 is 30.8 Å². The molecule has 1 rings (SSSR count). The summed E-state index contributed by atoms with van der Waals surface area (Å²) in [4.78, 5) is 23.7. The van der Waals surface area contributed by atoms with E-state index < -0.39 is 36.1 Å². The van der Waals surface area contributed by atoms with E-state index in [1.54, 1.807) is 0 Å². The molecule has 0 radical (unpaired) electrons. The van der Waals surface area contributed by atoms with Crippen LogP contribution in [0.1, 0.15) is 13.3 Å². The van der Waals surface area contributed by atoms with Gasteiger partial charge in [-0.25, -0.2) is 4.79 Å². The van der Waals surface area contributed by atoms with Gasteiger partial charge >= 0.3 is 5.97 Å². The van der Waals surface area contributed by atoms with Gasteiger partial charge in [0.2, 0.25) is 5.91 Å². The molecule has 0 spiro atoms. The van der Waals surface area contributed by atoms with E-state index in [9.17, 15) is 14.7 Å². The van der Waals surface area contributed by atoms with E-state index in [1.807, 2.05) is 18.9 Å². The van der Waals surface area contributed by atoms with Gasteiger partial charge in [0.1, 0.15) is 18.3 Å². The highest BCUT2D eigenvalue weighted by molar-refractivity contribution is 7.10. The molecule has 25 heavy (non-hydrogen) atoms. The number of amides is 1. The zero-order valence-electron chi connectivity index (χ0n) is 14.4. The van der Waals surface area contributed by atoms with E-state index in [1.165, 1.54) is 21.1 Å². The number of esters is 1. The van der Waals surface area contributed by atoms with Gasteiger partial charge < -0.3 is 33.7 Å². The summed E-state index contributed by atoms with van der Waals surface area (Å²) in [6.07, 6.45) is -3.22. The van der Waals surface area contributed by atoms with Crippen LogP contribution in [0.15, 0.2) is 12.2 Å². The third kappa shape index (κ3) is 5.17. The predicted octanol–water partition coefficient (Wildman–Crippen LogP) is -0.305. The molecule has 1 heterocycles. The summed E-state index contributed by atoms with van der Waals surface area (Å²) in [6, 6.07) is -0.757. The molecule has 0 aromatic carbocycles. The van der Waals surface area contributed by atoms with E-state index in [2.05, 4.69) is 11.9 Å². The van der Waals surface area contributed by atoms with Gasteiger partial charge in [-0.05, 0) is 5.57 Å². The molecule has 0 aromatic heterocycles. The molecule has 1 aliphatic rings. The van der Waals surface area contributed by atoms with Crippen molar-refractivity contribution in [2.75, 3.05) is 20.8 Å². The molecule has 1 saturated heterocycles. The van der Waals surface area contributed by atoms with Crippen LogP contribution in [-0.4, -0.2) is 68.0 Å². The zero-order chi connectivity index (χ0) is 19.2. The number of carbonyl (C=O) groups is 2. The van der Waals surface area contributed by atoms with Crippen molar-refractivity contribution in [2.24, 2.45) is 0 Å². The normalized spacial score (nSPS) is 29.0. The molecule has 1 aliphatic heterocycles. The summed E-state index contributed by atoms with van der Waals surface area (Å²) in [5, 5.41) is 13.4. The molecule has 11 heteroatoms. The second kappa shape index (κ2) is 9.88. The monoisotopic (exact) mass is 397 g/mol. The molecule has 0 saturated carbocycles. The van der Waals surface area contributed by atoms with Crippen LogP contribution in [0.2, 0.25) is 0 Å². The predicted molar refractivity (Wildman–Crippen MR) is 94.2 cm³/mol. The van der Waals surface area contributed by atoms with Crippen molar-refractivity contribution in [3.8, 4) is 0 Å². The molecule has 0 aliphatic carbocycles. The number of ether oxygens (including phenoxy) is 3. The fraction of sp³-hybridized carbons (Fsp3) is 0.714. The van der Waals surface area contributed by atoms with Crippen LogP contribution >= 0.6 is 18.9 Å². The average Bonchev–Trinajstić information content (AvgIpc) is 2.59. The second-order valence-corrected chi connectivity index (χ2v) is 6.15. The smallest absolute Gasteiger partial charge is 0.366 e. The Hall–Kier alpha value is -0.660. The van der Waals surface area contributed by atoms with Crippen molar-refractivity contribution in [1.29, 1.82) is 0 Å². The molecule has 9 nitrogen and oxygen atoms in total. The van der Waals surface area contributed by atoms with Crippen molar-refractivity contribution in [1.82, 2.24) is 5.32 Å². The van der Waals surface area contributed by atoms with Crippen molar-refractivity contribution < 1.29 is 38.0 Å². The molecule has 3 unspecified atom stereocenters. The first-order chi connectivity index (χ1) is 11.8. The topological polar surface area (TPSA) is 113 Å². The number of hydrogen-bond donors (Lipinski definition) is 2. The lowest BCUT2D eigenvalue weighted by atomic mass is 9.87. The highest BCUT2D eigenvalue weighted by Gasteiger charge is 2.53. The summed E-state index contributed by atoms with van der Waals surface area (Å²) in [6.45, 7) is 5.24. The third-order valence-corrected chi connectivity index (χ3v) is 4.43. The third-order valence-electron chi connectivity index (χ3n) is 3.89. The highest BCUT2D eigenvalue weighted by Crippen LogP contribution is 2.36. The largest absolute Gasteiger partial charge is 0.465 e. The van der Waals surface area contributed by atoms with Crippen LogP contribution in [0.5, 0.6) is 0 Å². The molecular formula is C14H25NO8P2. The van der Waals surface area contributed by atoms with Gasteiger partial charge in [-0.15, -0.1) is 0 Å². The summed E-state index contributed by atoms with van der Waals surface area (Å²) >= 11 is 0. The van der Waals surface area contributed by atoms with Gasteiger partial charge in [0.25, 0.3) is 5.79 Å². The number of carbonyl (C=O) groups excluding carboxylic acids is 2. The maximum absolute atomic E-state index is 12.2. The Balaban J connectivity index is 3.23. The van der Waals surface area contributed by atoms with Gasteiger partial charge in [0.15, 0.2) is 0 Å². The van der Waals surface area contributed by atoms with Crippen LogP contribution in [0.25, 0.3) is 0 Å². The van der Waals surface area contributed by atoms with Gasteiger partial charge in [0.05, 0.1) is 19.8 Å². The molecule has 0 aromatic rings. The van der Waals surface area contributed by atoms with Crippen molar-refractivity contribution in [3.05, 3.63) is 12.2 Å². The molecule has 1 fully saturated rings. The molecule has 7 atom stereocenters. The Morgan fingerprint density at radius 1 is 1.48 bits per heavy atom. The average molecular weight is 397 g/mol. The van der Waals surface area contributed by atoms with Gasteiger partial charge in [0, 0.05) is 39.4 Å². The summed E-state index contributed by atoms with van der Waals surface area (Å²) in [7, 11) is 6.55. The van der Waals surface area contributed by atoms with E-state index >= 15 is 0 Å². The Labute approximate surface area is 151 Å². The van der Waals surface area contributed by atoms with E-state index in [0.29, 0.717) is 5.57 Å². The fourth-order valence-electron chi connectivity index (χ4n) is 2.64. The number of methoxy groups -OCH3 is 2. The number of hydrogen-bond acceptors (Lipinski definition) is 8. The minimum atomic E-state index is -1.78. The Morgan fingerprint density at radius 3 is 2.56 bits per heavy atom. The maximum atomic E-state index is 12.2. The van der Waals surface area contributed by atoms with Crippen LogP contribution in [0.3, 0.4) is 0 Å². The molecule has 1 amide bonds. The first-order valence-corrected chi connectivity index (χ1v) is 8.32. The minimum Gasteiger partial charge on any atom is -0.465 e. The SMILES string of the molecule is C=C1CC(OC)(C(=O)OC)O[C@@H]([C@H](O)[C@@H](COP)OP)[C@@H]1NC(C)=O. The zero-order valence-corrected chi connectivity index (χ0v) is 16.7. The minimum absolute atomic E-state index is 0.0205. The Kier molecular flexibility index (Phi) is 8.84. The second-order valence-electron chi connectivity index (χ2n) is 5.54. The van der Waals surface area contributed by atoms with E-state index in [-0.39, 0.29) is 18.9 Å². The lowest BCUT2D eigenvalue weighted by Gasteiger charge is -2.45. The van der Waals surface area contributed by atoms with E-state index in [4.69, 9.17) is 23.3 Å². The summed E-state index contributed by atoms with van der Waals surface area (Å²) in [5.74, 6) is -2.90. The van der Waals surface area contributed by atoms with Gasteiger partial charge in [-0.3, -0.25) is 4.79 Å². The lowest BCUT2D eigenvalue weighted by molar-refractivity contribution is -0.280. The van der Waals surface area contributed by atoms with Crippen LogP contribution in [0.4, 0.5) is 0 Å². The van der Waals surface area contributed by atoms with Crippen LogP contribution in [-0.2, 0) is 32.8 Å². The Morgan fingerprint density at radius 2 is 2.12 bits per heavy atom. The van der Waals surface area contributed by atoms with Crippen LogP contribution in [0, 0.1) is 0 Å². The van der Waals surface area contributed by atoms with Gasteiger partial charge in [-0.2, -0.15) is 0 Å². The first-order valence-electron chi connectivity index (χ1n) is 7.37. The first kappa shape index (κ1) is 22.4.